The Bertz CT molecular complexity index is 583. The topological polar surface area (TPSA) is 68.0 Å². The molecular weight excluding hydrogens is 274 g/mol. The first kappa shape index (κ1) is 14.6. The quantitative estimate of drug-likeness (QED) is 0.829. The van der Waals surface area contributed by atoms with Crippen molar-refractivity contribution in [2.75, 3.05) is 12.3 Å². The monoisotopic (exact) mass is 291 g/mol. The molecule has 6 heteroatoms. The van der Waals surface area contributed by atoms with Crippen molar-refractivity contribution in [3.8, 4) is 11.5 Å². The molecule has 1 amide bonds. The zero-order valence-corrected chi connectivity index (χ0v) is 12.4. The molecule has 5 nitrogen and oxygen atoms in total. The van der Waals surface area contributed by atoms with Crippen molar-refractivity contribution >= 4 is 17.7 Å². The van der Waals surface area contributed by atoms with Crippen LogP contribution in [0.4, 0.5) is 0 Å². The third-order valence-corrected chi connectivity index (χ3v) is 3.53. The Labute approximate surface area is 122 Å². The van der Waals surface area contributed by atoms with Crippen molar-refractivity contribution in [1.82, 2.24) is 15.5 Å². The van der Waals surface area contributed by atoms with E-state index in [4.69, 9.17) is 4.42 Å². The lowest BCUT2D eigenvalue weighted by atomic mass is 10.1. The summed E-state index contributed by atoms with van der Waals surface area (Å²) in [5, 5.41) is 11.3. The van der Waals surface area contributed by atoms with Crippen molar-refractivity contribution in [1.29, 1.82) is 0 Å². The van der Waals surface area contributed by atoms with E-state index in [1.165, 1.54) is 11.8 Å². The molecular formula is C14H17N3O2S. The van der Waals surface area contributed by atoms with E-state index in [0.717, 1.165) is 11.1 Å². The highest BCUT2D eigenvalue weighted by Crippen LogP contribution is 2.25. The number of nitrogens with one attached hydrogen (secondary N) is 1. The van der Waals surface area contributed by atoms with Crippen LogP contribution in [0.1, 0.15) is 18.9 Å². The molecule has 2 aromatic rings. The zero-order chi connectivity index (χ0) is 14.4. The molecule has 0 fully saturated rings. The SMILES string of the molecule is CCNC(=O)CCSc1nnc(-c2ccccc2C)o1. The summed E-state index contributed by atoms with van der Waals surface area (Å²) in [5.41, 5.74) is 2.03. The molecule has 0 saturated carbocycles. The molecule has 1 aromatic heterocycles. The maximum Gasteiger partial charge on any atom is 0.276 e. The number of carbonyl (C=O) groups is 1. The number of hydrogen-bond donors (Lipinski definition) is 1. The average Bonchev–Trinajstić information content (AvgIpc) is 2.88. The van der Waals surface area contributed by atoms with Crippen LogP contribution in [0.2, 0.25) is 0 Å². The van der Waals surface area contributed by atoms with Gasteiger partial charge in [-0.2, -0.15) is 0 Å². The third-order valence-electron chi connectivity index (χ3n) is 2.71. The molecule has 0 aliphatic rings. The zero-order valence-electron chi connectivity index (χ0n) is 11.5. The highest BCUT2D eigenvalue weighted by molar-refractivity contribution is 7.99. The van der Waals surface area contributed by atoms with Crippen LogP contribution in [-0.4, -0.2) is 28.4 Å². The van der Waals surface area contributed by atoms with Gasteiger partial charge < -0.3 is 9.73 Å². The molecule has 0 aliphatic heterocycles. The van der Waals surface area contributed by atoms with E-state index >= 15 is 0 Å². The molecule has 0 saturated heterocycles. The number of nitrogens with zero attached hydrogens (tertiary/aromatic N) is 2. The lowest BCUT2D eigenvalue weighted by Crippen LogP contribution is -2.22. The summed E-state index contributed by atoms with van der Waals surface area (Å²) in [5.74, 6) is 1.18. The number of benzene rings is 1. The number of rotatable bonds is 6. The van der Waals surface area contributed by atoms with Gasteiger partial charge in [-0.3, -0.25) is 4.79 Å². The van der Waals surface area contributed by atoms with Gasteiger partial charge in [0.05, 0.1) is 0 Å². The Morgan fingerprint density at radius 2 is 2.15 bits per heavy atom. The highest BCUT2D eigenvalue weighted by atomic mass is 32.2. The van der Waals surface area contributed by atoms with Gasteiger partial charge in [0.1, 0.15) is 0 Å². The minimum atomic E-state index is 0.0404. The van der Waals surface area contributed by atoms with E-state index in [2.05, 4.69) is 15.5 Å². The Hall–Kier alpha value is -1.82. The van der Waals surface area contributed by atoms with Gasteiger partial charge in [-0.25, -0.2) is 0 Å². The summed E-state index contributed by atoms with van der Waals surface area (Å²) in [6.45, 7) is 4.56. The Morgan fingerprint density at radius 1 is 1.35 bits per heavy atom. The van der Waals surface area contributed by atoms with Crippen LogP contribution in [-0.2, 0) is 4.79 Å². The van der Waals surface area contributed by atoms with Crippen LogP contribution < -0.4 is 5.32 Å². The second-order valence-corrected chi connectivity index (χ2v) is 5.29. The van der Waals surface area contributed by atoms with Crippen molar-refractivity contribution < 1.29 is 9.21 Å². The average molecular weight is 291 g/mol. The summed E-state index contributed by atoms with van der Waals surface area (Å²) in [6, 6.07) is 7.86. The van der Waals surface area contributed by atoms with Crippen molar-refractivity contribution in [3.05, 3.63) is 29.8 Å². The minimum Gasteiger partial charge on any atom is -0.411 e. The molecule has 1 aromatic carbocycles. The Morgan fingerprint density at radius 3 is 2.90 bits per heavy atom. The lowest BCUT2D eigenvalue weighted by molar-refractivity contribution is -0.120. The van der Waals surface area contributed by atoms with Crippen LogP contribution in [0.15, 0.2) is 33.9 Å². The number of amides is 1. The summed E-state index contributed by atoms with van der Waals surface area (Å²) < 4.78 is 5.60. The smallest absolute Gasteiger partial charge is 0.276 e. The number of aryl methyl sites for hydroxylation is 1. The molecule has 0 unspecified atom stereocenters. The van der Waals surface area contributed by atoms with E-state index in [-0.39, 0.29) is 5.91 Å². The first-order valence-electron chi connectivity index (χ1n) is 6.49. The molecule has 0 radical (unpaired) electrons. The predicted octanol–water partition coefficient (Wildman–Crippen LogP) is 2.66. The highest BCUT2D eigenvalue weighted by Gasteiger charge is 2.11. The summed E-state index contributed by atoms with van der Waals surface area (Å²) in [4.78, 5) is 11.3. The number of hydrogen-bond acceptors (Lipinski definition) is 5. The molecule has 2 rings (SSSR count). The maximum absolute atomic E-state index is 11.3. The second kappa shape index (κ2) is 7.09. The van der Waals surface area contributed by atoms with Gasteiger partial charge in [-0.05, 0) is 25.5 Å². The fraction of sp³-hybridized carbons (Fsp3) is 0.357. The van der Waals surface area contributed by atoms with Crippen LogP contribution in [0.25, 0.3) is 11.5 Å². The normalized spacial score (nSPS) is 10.5. The van der Waals surface area contributed by atoms with E-state index in [0.29, 0.717) is 29.8 Å². The molecule has 0 aliphatic carbocycles. The van der Waals surface area contributed by atoms with Gasteiger partial charge in [0, 0.05) is 24.3 Å². The molecule has 0 bridgehead atoms. The second-order valence-electron chi connectivity index (χ2n) is 4.24. The summed E-state index contributed by atoms with van der Waals surface area (Å²) in [6.07, 6.45) is 0.445. The van der Waals surface area contributed by atoms with Crippen LogP contribution >= 0.6 is 11.8 Å². The molecule has 106 valence electrons. The Balaban J connectivity index is 1.93. The van der Waals surface area contributed by atoms with E-state index in [9.17, 15) is 4.79 Å². The summed E-state index contributed by atoms with van der Waals surface area (Å²) >= 11 is 1.39. The fourth-order valence-electron chi connectivity index (χ4n) is 1.71. The number of thioether (sulfide) groups is 1. The van der Waals surface area contributed by atoms with Crippen LogP contribution in [0.3, 0.4) is 0 Å². The standard InChI is InChI=1S/C14H17N3O2S/c1-3-15-12(18)8-9-20-14-17-16-13(19-14)11-7-5-4-6-10(11)2/h4-7H,3,8-9H2,1-2H3,(H,15,18). The fourth-order valence-corrected chi connectivity index (χ4v) is 2.40. The molecule has 0 spiro atoms. The van der Waals surface area contributed by atoms with E-state index < -0.39 is 0 Å². The minimum absolute atomic E-state index is 0.0404. The van der Waals surface area contributed by atoms with Gasteiger partial charge in [0.15, 0.2) is 0 Å². The molecule has 1 heterocycles. The molecule has 0 atom stereocenters. The Kier molecular flexibility index (Phi) is 5.17. The van der Waals surface area contributed by atoms with E-state index in [1.807, 2.05) is 38.1 Å². The van der Waals surface area contributed by atoms with Crippen molar-refractivity contribution in [3.63, 3.8) is 0 Å². The van der Waals surface area contributed by atoms with Crippen molar-refractivity contribution in [2.24, 2.45) is 0 Å². The number of aromatic nitrogens is 2. The summed E-state index contributed by atoms with van der Waals surface area (Å²) in [7, 11) is 0. The number of carbonyl (C=O) groups excluding carboxylic acids is 1. The van der Waals surface area contributed by atoms with E-state index in [1.54, 1.807) is 0 Å². The third kappa shape index (κ3) is 3.84. The molecule has 1 N–H and O–H groups in total. The van der Waals surface area contributed by atoms with Crippen molar-refractivity contribution in [2.45, 2.75) is 25.5 Å². The van der Waals surface area contributed by atoms with Gasteiger partial charge in [-0.15, -0.1) is 10.2 Å². The van der Waals surface area contributed by atoms with Crippen LogP contribution in [0.5, 0.6) is 0 Å². The van der Waals surface area contributed by atoms with Gasteiger partial charge in [0.25, 0.3) is 5.22 Å². The lowest BCUT2D eigenvalue weighted by Gasteiger charge is -2.00. The van der Waals surface area contributed by atoms with Gasteiger partial charge in [0.2, 0.25) is 11.8 Å². The van der Waals surface area contributed by atoms with Gasteiger partial charge in [-0.1, -0.05) is 30.0 Å². The predicted molar refractivity (Wildman–Crippen MR) is 78.5 cm³/mol. The largest absolute Gasteiger partial charge is 0.411 e. The maximum atomic E-state index is 11.3. The van der Waals surface area contributed by atoms with Gasteiger partial charge >= 0.3 is 0 Å². The first-order chi connectivity index (χ1) is 9.70. The first-order valence-corrected chi connectivity index (χ1v) is 7.48. The molecule has 20 heavy (non-hydrogen) atoms. The van der Waals surface area contributed by atoms with Crippen LogP contribution in [0, 0.1) is 6.92 Å².